The highest BCUT2D eigenvalue weighted by Gasteiger charge is 2.19. The number of nitrogens with one attached hydrogen (secondary N) is 2. The topological polar surface area (TPSA) is 76.2 Å². The predicted molar refractivity (Wildman–Crippen MR) is 109 cm³/mol. The summed E-state index contributed by atoms with van der Waals surface area (Å²) >= 11 is 0. The number of nitrogens with zero attached hydrogens (tertiary/aromatic N) is 1. The maximum Gasteiger partial charge on any atom is 0.258 e. The van der Waals surface area contributed by atoms with Crippen molar-refractivity contribution in [3.63, 3.8) is 0 Å². The second-order valence-corrected chi connectivity index (χ2v) is 7.39. The van der Waals surface area contributed by atoms with Gasteiger partial charge in [-0.1, -0.05) is 32.0 Å². The lowest BCUT2D eigenvalue weighted by Gasteiger charge is -2.24. The molecule has 2 aromatic carbocycles. The highest BCUT2D eigenvalue weighted by Crippen LogP contribution is 2.34. The van der Waals surface area contributed by atoms with Gasteiger partial charge in [0.05, 0.1) is 30.7 Å². The summed E-state index contributed by atoms with van der Waals surface area (Å²) in [6.07, 6.45) is 0.886. The van der Waals surface area contributed by atoms with Crippen molar-refractivity contribution in [1.82, 2.24) is 15.3 Å². The van der Waals surface area contributed by atoms with Gasteiger partial charge in [0.2, 0.25) is 0 Å². The van der Waals surface area contributed by atoms with Crippen LogP contribution in [0.1, 0.15) is 37.7 Å². The number of benzene rings is 2. The van der Waals surface area contributed by atoms with Gasteiger partial charge < -0.3 is 19.8 Å². The molecule has 1 aromatic heterocycles. The van der Waals surface area contributed by atoms with Gasteiger partial charge in [0.15, 0.2) is 11.5 Å². The van der Waals surface area contributed by atoms with E-state index < -0.39 is 0 Å². The minimum Gasteiger partial charge on any atom is -0.490 e. The van der Waals surface area contributed by atoms with E-state index in [9.17, 15) is 4.79 Å². The zero-order valence-corrected chi connectivity index (χ0v) is 16.2. The van der Waals surface area contributed by atoms with Gasteiger partial charge in [-0.15, -0.1) is 0 Å². The smallest absolute Gasteiger partial charge is 0.258 e. The first-order chi connectivity index (χ1) is 13.6. The molecule has 0 saturated carbocycles. The van der Waals surface area contributed by atoms with Crippen LogP contribution < -0.4 is 20.3 Å². The van der Waals surface area contributed by atoms with Crippen LogP contribution in [-0.2, 0) is 6.54 Å². The van der Waals surface area contributed by atoms with Gasteiger partial charge in [-0.3, -0.25) is 4.79 Å². The lowest BCUT2D eigenvalue weighted by molar-refractivity contribution is 0.296. The normalized spacial score (nSPS) is 14.8. The summed E-state index contributed by atoms with van der Waals surface area (Å²) in [6.45, 7) is 6.14. The van der Waals surface area contributed by atoms with Crippen LogP contribution in [0.25, 0.3) is 10.9 Å². The van der Waals surface area contributed by atoms with E-state index in [0.717, 1.165) is 23.5 Å². The van der Waals surface area contributed by atoms with Crippen LogP contribution in [0, 0.1) is 5.92 Å². The molecule has 0 aliphatic carbocycles. The van der Waals surface area contributed by atoms with Crippen LogP contribution in [0.3, 0.4) is 0 Å². The Balaban J connectivity index is 1.56. The number of aromatic nitrogens is 2. The molecule has 0 radical (unpaired) electrons. The quantitative estimate of drug-likeness (QED) is 0.709. The molecule has 0 saturated heterocycles. The molecule has 28 heavy (non-hydrogen) atoms. The lowest BCUT2D eigenvalue weighted by atomic mass is 9.95. The Morgan fingerprint density at radius 2 is 1.89 bits per heavy atom. The van der Waals surface area contributed by atoms with Gasteiger partial charge in [-0.2, -0.15) is 0 Å². The number of para-hydroxylation sites is 1. The molecule has 6 heteroatoms. The van der Waals surface area contributed by atoms with Gasteiger partial charge in [0, 0.05) is 12.5 Å². The highest BCUT2D eigenvalue weighted by atomic mass is 16.5. The molecule has 0 fully saturated rings. The number of hydrogen-bond donors (Lipinski definition) is 2. The molecule has 146 valence electrons. The fraction of sp³-hybridized carbons (Fsp3) is 0.364. The molecule has 2 heterocycles. The number of hydrogen-bond acceptors (Lipinski definition) is 5. The minimum absolute atomic E-state index is 0.0916. The number of fused-ring (bicyclic) bond motifs is 2. The lowest BCUT2D eigenvalue weighted by Crippen LogP contribution is -2.27. The van der Waals surface area contributed by atoms with E-state index in [0.29, 0.717) is 42.4 Å². The maximum absolute atomic E-state index is 12.3. The molecule has 0 spiro atoms. The number of rotatable bonds is 5. The molecule has 0 amide bonds. The summed E-state index contributed by atoms with van der Waals surface area (Å²) in [4.78, 5) is 19.7. The van der Waals surface area contributed by atoms with Crippen molar-refractivity contribution < 1.29 is 9.47 Å². The van der Waals surface area contributed by atoms with Crippen LogP contribution in [-0.4, -0.2) is 23.2 Å². The molecule has 6 nitrogen and oxygen atoms in total. The van der Waals surface area contributed by atoms with Crippen LogP contribution in [0.2, 0.25) is 0 Å². The Kier molecular flexibility index (Phi) is 5.30. The van der Waals surface area contributed by atoms with Gasteiger partial charge >= 0.3 is 0 Å². The molecular weight excluding hydrogens is 354 g/mol. The zero-order chi connectivity index (χ0) is 19.5. The van der Waals surface area contributed by atoms with Gasteiger partial charge in [0.1, 0.15) is 5.82 Å². The molecule has 3 aromatic rings. The molecule has 4 rings (SSSR count). The maximum atomic E-state index is 12.3. The Morgan fingerprint density at radius 1 is 1.11 bits per heavy atom. The van der Waals surface area contributed by atoms with Crippen LogP contribution in [0.15, 0.2) is 47.3 Å². The van der Waals surface area contributed by atoms with E-state index in [2.05, 4.69) is 41.3 Å². The van der Waals surface area contributed by atoms with Crippen LogP contribution >= 0.6 is 0 Å². The van der Waals surface area contributed by atoms with Crippen LogP contribution in [0.5, 0.6) is 11.5 Å². The third-order valence-corrected chi connectivity index (χ3v) is 4.95. The first kappa shape index (κ1) is 18.5. The molecule has 0 unspecified atom stereocenters. The average molecular weight is 379 g/mol. The predicted octanol–water partition coefficient (Wildman–Crippen LogP) is 3.57. The fourth-order valence-corrected chi connectivity index (χ4v) is 3.54. The molecule has 0 bridgehead atoms. The van der Waals surface area contributed by atoms with Crippen molar-refractivity contribution in [2.45, 2.75) is 32.9 Å². The van der Waals surface area contributed by atoms with Crippen molar-refractivity contribution in [1.29, 1.82) is 0 Å². The summed E-state index contributed by atoms with van der Waals surface area (Å²) in [7, 11) is 0. The number of H-pyrrole nitrogens is 1. The van der Waals surface area contributed by atoms with E-state index in [1.165, 1.54) is 0 Å². The number of aromatic amines is 1. The number of ether oxygens (including phenoxy) is 2. The van der Waals surface area contributed by atoms with Gasteiger partial charge in [-0.05, 0) is 35.7 Å². The molecule has 2 N–H and O–H groups in total. The summed E-state index contributed by atoms with van der Waals surface area (Å²) in [5.74, 6) is 2.56. The van der Waals surface area contributed by atoms with E-state index >= 15 is 0 Å². The Labute approximate surface area is 163 Å². The molecule has 1 aliphatic heterocycles. The third-order valence-electron chi connectivity index (χ3n) is 4.95. The molecular formula is C22H25N3O3. The highest BCUT2D eigenvalue weighted by molar-refractivity contribution is 5.77. The Hall–Kier alpha value is -2.86. The van der Waals surface area contributed by atoms with Crippen molar-refractivity contribution in [3.05, 3.63) is 64.2 Å². The van der Waals surface area contributed by atoms with Crippen LogP contribution in [0.4, 0.5) is 0 Å². The summed E-state index contributed by atoms with van der Waals surface area (Å²) in [6, 6.07) is 13.6. The van der Waals surface area contributed by atoms with E-state index in [4.69, 9.17) is 9.47 Å². The fourth-order valence-electron chi connectivity index (χ4n) is 3.54. The van der Waals surface area contributed by atoms with Gasteiger partial charge in [-0.25, -0.2) is 4.98 Å². The SMILES string of the molecule is CC(C)[C@@H](NCc1nc2ccccc2c(=O)[nH]1)c1ccc2c(c1)OCCCO2. The monoisotopic (exact) mass is 379 g/mol. The van der Waals surface area contributed by atoms with E-state index in [1.54, 1.807) is 6.07 Å². The Morgan fingerprint density at radius 3 is 2.71 bits per heavy atom. The standard InChI is InChI=1S/C22H25N3O3/c1-14(2)21(15-8-9-18-19(12-15)28-11-5-10-27-18)23-13-20-24-17-7-4-3-6-16(17)22(26)25-20/h3-4,6-9,12,14,21,23H,5,10-11,13H2,1-2H3,(H,24,25,26)/t21-/m1/s1. The van der Waals surface area contributed by atoms with Crippen molar-refractivity contribution in [2.24, 2.45) is 5.92 Å². The largest absolute Gasteiger partial charge is 0.490 e. The van der Waals surface area contributed by atoms with Crippen molar-refractivity contribution >= 4 is 10.9 Å². The summed E-state index contributed by atoms with van der Waals surface area (Å²) in [5, 5.41) is 4.14. The first-order valence-corrected chi connectivity index (χ1v) is 9.72. The molecule has 1 atom stereocenters. The average Bonchev–Trinajstić information content (AvgIpc) is 2.93. The molecule has 1 aliphatic rings. The second kappa shape index (κ2) is 8.02. The minimum atomic E-state index is -0.112. The first-order valence-electron chi connectivity index (χ1n) is 9.72. The Bertz CT molecular complexity index is 1030. The summed E-state index contributed by atoms with van der Waals surface area (Å²) < 4.78 is 11.6. The van der Waals surface area contributed by atoms with E-state index in [1.807, 2.05) is 24.3 Å². The van der Waals surface area contributed by atoms with Crippen molar-refractivity contribution in [2.75, 3.05) is 13.2 Å². The van der Waals surface area contributed by atoms with Crippen molar-refractivity contribution in [3.8, 4) is 11.5 Å². The van der Waals surface area contributed by atoms with Gasteiger partial charge in [0.25, 0.3) is 5.56 Å². The second-order valence-electron chi connectivity index (χ2n) is 7.39. The van der Waals surface area contributed by atoms with E-state index in [-0.39, 0.29) is 11.6 Å². The summed E-state index contributed by atoms with van der Waals surface area (Å²) in [5.41, 5.74) is 1.72. The third kappa shape index (κ3) is 3.87. The zero-order valence-electron chi connectivity index (χ0n) is 16.2.